The number of β-lactam (4-membered cyclic amide) rings is 1. The smallest absolute Gasteiger partial charge is 0.352 e. The zero-order valence-corrected chi connectivity index (χ0v) is 15.0. The van der Waals surface area contributed by atoms with E-state index in [-0.39, 0.29) is 29.0 Å². The maximum atomic E-state index is 12.0. The molecule has 0 spiro atoms. The minimum Gasteiger partial charge on any atom is -0.477 e. The van der Waals surface area contributed by atoms with Gasteiger partial charge in [0.15, 0.2) is 0 Å². The number of carboxylic acids is 1. The fourth-order valence-electron chi connectivity index (χ4n) is 3.72. The second kappa shape index (κ2) is 7.35. The summed E-state index contributed by atoms with van der Waals surface area (Å²) in [6.45, 7) is 3.16. The minimum absolute atomic E-state index is 0.0982. The van der Waals surface area contributed by atoms with Gasteiger partial charge in [0.05, 0.1) is 6.61 Å². The first kappa shape index (κ1) is 18.2. The molecular formula is C16H23N3O5S. The zero-order chi connectivity index (χ0) is 18.1. The molecule has 3 rings (SSSR count). The van der Waals surface area contributed by atoms with Crippen LogP contribution in [0.1, 0.15) is 26.2 Å². The van der Waals surface area contributed by atoms with Gasteiger partial charge >= 0.3 is 11.9 Å². The Morgan fingerprint density at radius 1 is 1.44 bits per heavy atom. The SMILES string of the molecule is CC(=O)OCCC1CCCN1CC1=C(C(=O)O)N2C(=O)[C@@H](N)[C@H]2SC1. The molecule has 3 N–H and O–H groups in total. The van der Waals surface area contributed by atoms with Gasteiger partial charge in [-0.3, -0.25) is 19.4 Å². The quantitative estimate of drug-likeness (QED) is 0.496. The third-order valence-corrected chi connectivity index (χ3v) is 6.30. The fourth-order valence-corrected chi connectivity index (χ4v) is 5.00. The molecule has 0 radical (unpaired) electrons. The van der Waals surface area contributed by atoms with E-state index >= 15 is 0 Å². The van der Waals surface area contributed by atoms with E-state index in [1.165, 1.54) is 23.6 Å². The van der Waals surface area contributed by atoms with Crippen LogP contribution in [0.25, 0.3) is 0 Å². The van der Waals surface area contributed by atoms with E-state index in [4.69, 9.17) is 10.5 Å². The van der Waals surface area contributed by atoms with Crippen LogP contribution in [-0.4, -0.2) is 75.7 Å². The van der Waals surface area contributed by atoms with Crippen molar-refractivity contribution in [3.63, 3.8) is 0 Å². The lowest BCUT2D eigenvalue weighted by Crippen LogP contribution is -2.68. The molecule has 3 atom stereocenters. The zero-order valence-electron chi connectivity index (χ0n) is 14.1. The number of amides is 1. The van der Waals surface area contributed by atoms with Crippen LogP contribution in [0.3, 0.4) is 0 Å². The Kier molecular flexibility index (Phi) is 5.35. The van der Waals surface area contributed by atoms with Crippen LogP contribution in [0.2, 0.25) is 0 Å². The summed E-state index contributed by atoms with van der Waals surface area (Å²) in [5.74, 6) is -1.12. The van der Waals surface area contributed by atoms with Crippen molar-refractivity contribution < 1.29 is 24.2 Å². The Labute approximate surface area is 150 Å². The summed E-state index contributed by atoms with van der Waals surface area (Å²) in [6, 6.07) is -0.344. The average molecular weight is 369 g/mol. The van der Waals surface area contributed by atoms with Gasteiger partial charge in [-0.25, -0.2) is 4.79 Å². The summed E-state index contributed by atoms with van der Waals surface area (Å²) < 4.78 is 5.02. The largest absolute Gasteiger partial charge is 0.477 e. The predicted octanol–water partition coefficient (Wildman–Crippen LogP) is -0.0149. The number of nitrogens with zero attached hydrogens (tertiary/aromatic N) is 2. The molecule has 0 aromatic carbocycles. The summed E-state index contributed by atoms with van der Waals surface area (Å²) >= 11 is 1.52. The van der Waals surface area contributed by atoms with E-state index < -0.39 is 12.0 Å². The Hall–Kier alpha value is -1.58. The van der Waals surface area contributed by atoms with E-state index in [0.717, 1.165) is 31.4 Å². The summed E-state index contributed by atoms with van der Waals surface area (Å²) in [5, 5.41) is 9.34. The Morgan fingerprint density at radius 3 is 2.88 bits per heavy atom. The summed E-state index contributed by atoms with van der Waals surface area (Å²) in [4.78, 5) is 38.2. The van der Waals surface area contributed by atoms with E-state index in [0.29, 0.717) is 18.9 Å². The lowest BCUT2D eigenvalue weighted by Gasteiger charge is -2.48. The molecule has 2 saturated heterocycles. The molecule has 0 aromatic rings. The second-order valence-corrected chi connectivity index (χ2v) is 7.69. The Morgan fingerprint density at radius 2 is 2.20 bits per heavy atom. The highest BCUT2D eigenvalue weighted by atomic mass is 32.2. The van der Waals surface area contributed by atoms with Gasteiger partial charge in [-0.15, -0.1) is 11.8 Å². The Bertz CT molecular complexity index is 623. The van der Waals surface area contributed by atoms with Crippen molar-refractivity contribution in [2.24, 2.45) is 5.73 Å². The second-order valence-electron chi connectivity index (χ2n) is 6.59. The standard InChI is InChI=1S/C16H23N3O5S/c1-9(20)24-6-4-11-3-2-5-18(11)7-10-8-25-15-12(17)14(21)19(15)13(10)16(22)23/h11-12,15H,2-8,17H2,1H3,(H,22,23)/t11?,12-,15-/m1/s1. The van der Waals surface area contributed by atoms with Gasteiger partial charge in [-0.1, -0.05) is 0 Å². The normalized spacial score (nSPS) is 29.4. The number of carbonyl (C=O) groups excluding carboxylic acids is 2. The van der Waals surface area contributed by atoms with Crippen LogP contribution >= 0.6 is 11.8 Å². The number of aliphatic carboxylic acids is 1. The summed E-state index contributed by atoms with van der Waals surface area (Å²) in [7, 11) is 0. The maximum Gasteiger partial charge on any atom is 0.352 e. The molecule has 8 nitrogen and oxygen atoms in total. The van der Waals surface area contributed by atoms with Gasteiger partial charge in [-0.2, -0.15) is 0 Å². The molecule has 0 bridgehead atoms. The molecule has 1 unspecified atom stereocenters. The number of fused-ring (bicyclic) bond motifs is 1. The Balaban J connectivity index is 1.70. The van der Waals surface area contributed by atoms with Crippen LogP contribution in [0.15, 0.2) is 11.3 Å². The first-order valence-corrected chi connectivity index (χ1v) is 9.48. The third-order valence-electron chi connectivity index (χ3n) is 4.94. The van der Waals surface area contributed by atoms with E-state index in [9.17, 15) is 19.5 Å². The molecule has 0 aliphatic carbocycles. The van der Waals surface area contributed by atoms with E-state index in [2.05, 4.69) is 4.90 Å². The maximum absolute atomic E-state index is 12.0. The van der Waals surface area contributed by atoms with Crippen LogP contribution in [0.5, 0.6) is 0 Å². The number of hydrogen-bond donors (Lipinski definition) is 2. The van der Waals surface area contributed by atoms with Crippen LogP contribution in [0.4, 0.5) is 0 Å². The third kappa shape index (κ3) is 3.54. The number of carbonyl (C=O) groups is 3. The first-order chi connectivity index (χ1) is 11.9. The summed E-state index contributed by atoms with van der Waals surface area (Å²) in [5.41, 5.74) is 6.63. The van der Waals surface area contributed by atoms with Crippen molar-refractivity contribution in [2.75, 3.05) is 25.4 Å². The van der Waals surface area contributed by atoms with Crippen LogP contribution < -0.4 is 5.73 Å². The number of rotatable bonds is 6. The molecule has 9 heteroatoms. The highest BCUT2D eigenvalue weighted by Gasteiger charge is 2.51. The lowest BCUT2D eigenvalue weighted by atomic mass is 10.0. The molecule has 25 heavy (non-hydrogen) atoms. The predicted molar refractivity (Wildman–Crippen MR) is 91.6 cm³/mol. The lowest BCUT2D eigenvalue weighted by molar-refractivity contribution is -0.148. The number of ether oxygens (including phenoxy) is 1. The molecule has 3 aliphatic heterocycles. The van der Waals surface area contributed by atoms with Gasteiger partial charge in [-0.05, 0) is 31.4 Å². The number of thioether (sulfide) groups is 1. The molecule has 0 saturated carbocycles. The van der Waals surface area contributed by atoms with E-state index in [1.807, 2.05) is 0 Å². The first-order valence-electron chi connectivity index (χ1n) is 8.43. The molecule has 2 fully saturated rings. The van der Waals surface area contributed by atoms with Gasteiger partial charge in [0.1, 0.15) is 17.1 Å². The van der Waals surface area contributed by atoms with Crippen LogP contribution in [0, 0.1) is 0 Å². The number of carboxylic acid groups (broad SMARTS) is 1. The number of esters is 1. The van der Waals surface area contributed by atoms with Crippen molar-refractivity contribution in [1.29, 1.82) is 0 Å². The summed E-state index contributed by atoms with van der Waals surface area (Å²) in [6.07, 6.45) is 2.77. The van der Waals surface area contributed by atoms with Gasteiger partial charge in [0.25, 0.3) is 0 Å². The molecular weight excluding hydrogens is 346 g/mol. The highest BCUT2D eigenvalue weighted by Crippen LogP contribution is 2.40. The average Bonchev–Trinajstić information content (AvgIpc) is 3.00. The topological polar surface area (TPSA) is 113 Å². The van der Waals surface area contributed by atoms with Gasteiger partial charge in [0, 0.05) is 25.3 Å². The van der Waals surface area contributed by atoms with E-state index in [1.54, 1.807) is 0 Å². The highest BCUT2D eigenvalue weighted by molar-refractivity contribution is 8.00. The van der Waals surface area contributed by atoms with Gasteiger partial charge in [0.2, 0.25) is 5.91 Å². The molecule has 0 aromatic heterocycles. The van der Waals surface area contributed by atoms with Crippen molar-refractivity contribution in [3.05, 3.63) is 11.3 Å². The van der Waals surface area contributed by atoms with Crippen molar-refractivity contribution in [3.8, 4) is 0 Å². The molecule has 3 heterocycles. The van der Waals surface area contributed by atoms with Crippen molar-refractivity contribution in [1.82, 2.24) is 9.80 Å². The van der Waals surface area contributed by atoms with Crippen molar-refractivity contribution >= 4 is 29.6 Å². The number of hydrogen-bond acceptors (Lipinski definition) is 7. The number of likely N-dealkylation sites (tertiary alicyclic amines) is 1. The molecule has 1 amide bonds. The fraction of sp³-hybridized carbons (Fsp3) is 0.688. The monoisotopic (exact) mass is 369 g/mol. The van der Waals surface area contributed by atoms with Crippen molar-refractivity contribution in [2.45, 2.75) is 43.6 Å². The minimum atomic E-state index is -1.07. The van der Waals surface area contributed by atoms with Gasteiger partial charge < -0.3 is 15.6 Å². The molecule has 138 valence electrons. The number of nitrogens with two attached hydrogens (primary N) is 1. The van der Waals surface area contributed by atoms with Crippen LogP contribution in [-0.2, 0) is 19.1 Å². The molecule has 3 aliphatic rings.